The predicted octanol–water partition coefficient (Wildman–Crippen LogP) is 1.70. The van der Waals surface area contributed by atoms with Crippen molar-refractivity contribution in [2.75, 3.05) is 57.8 Å². The van der Waals surface area contributed by atoms with Crippen molar-refractivity contribution in [2.45, 2.75) is 0 Å². The molecule has 2 aromatic rings. The number of benzene rings is 2. The highest BCUT2D eigenvalue weighted by Gasteiger charge is 2.18. The van der Waals surface area contributed by atoms with Crippen LogP contribution in [0.15, 0.2) is 60.7 Å². The zero-order chi connectivity index (χ0) is 19.8. The van der Waals surface area contributed by atoms with E-state index in [2.05, 4.69) is 39.4 Å². The molecule has 6 nitrogen and oxygen atoms in total. The van der Waals surface area contributed by atoms with E-state index >= 15 is 0 Å². The third-order valence-corrected chi connectivity index (χ3v) is 4.99. The summed E-state index contributed by atoms with van der Waals surface area (Å²) in [5.41, 5.74) is 1.86. The number of piperazine rings is 1. The summed E-state index contributed by atoms with van der Waals surface area (Å²) in [7, 11) is 1.65. The van der Waals surface area contributed by atoms with E-state index < -0.39 is 0 Å². The van der Waals surface area contributed by atoms with Crippen molar-refractivity contribution >= 4 is 17.5 Å². The topological polar surface area (TPSA) is 55.9 Å². The third kappa shape index (κ3) is 5.57. The average molecular weight is 380 g/mol. The van der Waals surface area contributed by atoms with Gasteiger partial charge in [0.25, 0.3) is 5.91 Å². The Labute approximate surface area is 166 Å². The van der Waals surface area contributed by atoms with Gasteiger partial charge in [-0.15, -0.1) is 0 Å². The molecule has 1 fully saturated rings. The number of carbonyl (C=O) groups is 2. The fourth-order valence-electron chi connectivity index (χ4n) is 3.37. The fourth-order valence-corrected chi connectivity index (χ4v) is 3.37. The van der Waals surface area contributed by atoms with Crippen molar-refractivity contribution < 1.29 is 9.59 Å². The maximum absolute atomic E-state index is 12.3. The van der Waals surface area contributed by atoms with Gasteiger partial charge in [-0.25, -0.2) is 0 Å². The molecule has 148 valence electrons. The second kappa shape index (κ2) is 9.90. The maximum Gasteiger partial charge on any atom is 0.254 e. The van der Waals surface area contributed by atoms with Crippen molar-refractivity contribution in [3.05, 3.63) is 66.2 Å². The summed E-state index contributed by atoms with van der Waals surface area (Å²) in [6.07, 6.45) is 0. The minimum Gasteiger partial charge on any atom is -0.369 e. The van der Waals surface area contributed by atoms with E-state index in [-0.39, 0.29) is 18.4 Å². The SMILES string of the molecule is CN(CC(=O)NCCN1CCN(c2ccccc2)CC1)C(=O)c1ccccc1. The number of likely N-dealkylation sites (N-methyl/N-ethyl adjacent to an activating group) is 1. The minimum absolute atomic E-state index is 0.0650. The number of hydrogen-bond acceptors (Lipinski definition) is 4. The number of rotatable bonds is 7. The van der Waals surface area contributed by atoms with Gasteiger partial charge < -0.3 is 15.1 Å². The number of hydrogen-bond donors (Lipinski definition) is 1. The Kier molecular flexibility index (Phi) is 7.03. The van der Waals surface area contributed by atoms with Crippen LogP contribution in [0.1, 0.15) is 10.4 Å². The zero-order valence-electron chi connectivity index (χ0n) is 16.4. The summed E-state index contributed by atoms with van der Waals surface area (Å²) in [6, 6.07) is 19.5. The highest BCUT2D eigenvalue weighted by molar-refractivity contribution is 5.96. The monoisotopic (exact) mass is 380 g/mol. The Morgan fingerprint density at radius 3 is 2.18 bits per heavy atom. The number of carbonyl (C=O) groups excluding carboxylic acids is 2. The Balaban J connectivity index is 1.34. The summed E-state index contributed by atoms with van der Waals surface area (Å²) in [6.45, 7) is 5.44. The van der Waals surface area contributed by atoms with Gasteiger partial charge in [-0.2, -0.15) is 0 Å². The van der Waals surface area contributed by atoms with Gasteiger partial charge >= 0.3 is 0 Å². The summed E-state index contributed by atoms with van der Waals surface area (Å²) in [5, 5.41) is 2.92. The second-order valence-electron chi connectivity index (χ2n) is 7.04. The molecule has 3 rings (SSSR count). The van der Waals surface area contributed by atoms with E-state index in [0.29, 0.717) is 12.1 Å². The highest BCUT2D eigenvalue weighted by atomic mass is 16.2. The highest BCUT2D eigenvalue weighted by Crippen LogP contribution is 2.15. The molecular weight excluding hydrogens is 352 g/mol. The minimum atomic E-state index is -0.146. The second-order valence-corrected chi connectivity index (χ2v) is 7.04. The number of amides is 2. The van der Waals surface area contributed by atoms with Crippen LogP contribution in [0, 0.1) is 0 Å². The van der Waals surface area contributed by atoms with Crippen LogP contribution < -0.4 is 10.2 Å². The van der Waals surface area contributed by atoms with Gasteiger partial charge in [-0.05, 0) is 24.3 Å². The standard InChI is InChI=1S/C22H28N4O2/c1-24(22(28)19-8-4-2-5-9-19)18-21(27)23-12-13-25-14-16-26(17-15-25)20-10-6-3-7-11-20/h2-11H,12-18H2,1H3,(H,23,27). The summed E-state index contributed by atoms with van der Waals surface area (Å²) in [5.74, 6) is -0.275. The Morgan fingerprint density at radius 1 is 0.929 bits per heavy atom. The van der Waals surface area contributed by atoms with E-state index in [1.807, 2.05) is 24.3 Å². The van der Waals surface area contributed by atoms with Gasteiger partial charge in [0.15, 0.2) is 0 Å². The van der Waals surface area contributed by atoms with E-state index in [4.69, 9.17) is 0 Å². The lowest BCUT2D eigenvalue weighted by Crippen LogP contribution is -2.49. The first-order valence-corrected chi connectivity index (χ1v) is 9.73. The summed E-state index contributed by atoms with van der Waals surface area (Å²) < 4.78 is 0. The largest absolute Gasteiger partial charge is 0.369 e. The molecule has 1 aliphatic heterocycles. The van der Waals surface area contributed by atoms with Crippen molar-refractivity contribution in [2.24, 2.45) is 0 Å². The molecule has 1 N–H and O–H groups in total. The van der Waals surface area contributed by atoms with Crippen molar-refractivity contribution in [3.8, 4) is 0 Å². The van der Waals surface area contributed by atoms with Crippen LogP contribution in [0.5, 0.6) is 0 Å². The van der Waals surface area contributed by atoms with Crippen LogP contribution in [0.25, 0.3) is 0 Å². The van der Waals surface area contributed by atoms with Gasteiger partial charge in [-0.3, -0.25) is 14.5 Å². The number of nitrogens with one attached hydrogen (secondary N) is 1. The van der Waals surface area contributed by atoms with Crippen molar-refractivity contribution in [3.63, 3.8) is 0 Å². The fraction of sp³-hybridized carbons (Fsp3) is 0.364. The lowest BCUT2D eigenvalue weighted by atomic mass is 10.2. The maximum atomic E-state index is 12.3. The molecule has 1 heterocycles. The molecule has 0 aliphatic carbocycles. The number of nitrogens with zero attached hydrogens (tertiary/aromatic N) is 3. The molecule has 0 aromatic heterocycles. The molecule has 0 atom stereocenters. The van der Waals surface area contributed by atoms with E-state index in [1.165, 1.54) is 10.6 Å². The predicted molar refractivity (Wildman–Crippen MR) is 112 cm³/mol. The average Bonchev–Trinajstić information content (AvgIpc) is 2.75. The first kappa shape index (κ1) is 19.9. The molecule has 28 heavy (non-hydrogen) atoms. The summed E-state index contributed by atoms with van der Waals surface area (Å²) >= 11 is 0. The van der Waals surface area contributed by atoms with Crippen LogP contribution >= 0.6 is 0 Å². The van der Waals surface area contributed by atoms with Crippen LogP contribution in [-0.4, -0.2) is 74.5 Å². The first-order chi connectivity index (χ1) is 13.6. The van der Waals surface area contributed by atoms with E-state index in [0.717, 1.165) is 32.7 Å². The molecule has 1 aliphatic rings. The van der Waals surface area contributed by atoms with Crippen LogP contribution in [0.4, 0.5) is 5.69 Å². The molecule has 6 heteroatoms. The molecular formula is C22H28N4O2. The number of para-hydroxylation sites is 1. The van der Waals surface area contributed by atoms with Crippen LogP contribution in [-0.2, 0) is 4.79 Å². The molecule has 0 saturated carbocycles. The molecule has 0 unspecified atom stereocenters. The lowest BCUT2D eigenvalue weighted by Gasteiger charge is -2.36. The summed E-state index contributed by atoms with van der Waals surface area (Å²) in [4.78, 5) is 30.6. The Morgan fingerprint density at radius 2 is 1.54 bits per heavy atom. The zero-order valence-corrected chi connectivity index (χ0v) is 16.4. The van der Waals surface area contributed by atoms with Crippen molar-refractivity contribution in [1.29, 1.82) is 0 Å². The van der Waals surface area contributed by atoms with Crippen LogP contribution in [0.3, 0.4) is 0 Å². The van der Waals surface area contributed by atoms with Crippen LogP contribution in [0.2, 0.25) is 0 Å². The lowest BCUT2D eigenvalue weighted by molar-refractivity contribution is -0.121. The molecule has 1 saturated heterocycles. The van der Waals surface area contributed by atoms with Gasteiger partial charge in [0.05, 0.1) is 6.54 Å². The molecule has 2 aromatic carbocycles. The van der Waals surface area contributed by atoms with Crippen molar-refractivity contribution in [1.82, 2.24) is 15.1 Å². The molecule has 0 bridgehead atoms. The Hall–Kier alpha value is -2.86. The quantitative estimate of drug-likeness (QED) is 0.794. The number of anilines is 1. The van der Waals surface area contributed by atoms with Gasteiger partial charge in [0.2, 0.25) is 5.91 Å². The smallest absolute Gasteiger partial charge is 0.254 e. The van der Waals surface area contributed by atoms with Gasteiger partial charge in [-0.1, -0.05) is 36.4 Å². The molecule has 2 amide bonds. The first-order valence-electron chi connectivity index (χ1n) is 9.73. The normalized spacial score (nSPS) is 14.5. The molecule has 0 radical (unpaired) electrons. The van der Waals surface area contributed by atoms with E-state index in [1.54, 1.807) is 19.2 Å². The van der Waals surface area contributed by atoms with Gasteiger partial charge in [0, 0.05) is 57.6 Å². The molecule has 0 spiro atoms. The third-order valence-electron chi connectivity index (χ3n) is 4.99. The Bertz CT molecular complexity index is 759. The van der Waals surface area contributed by atoms with Gasteiger partial charge in [0.1, 0.15) is 0 Å². The van der Waals surface area contributed by atoms with E-state index in [9.17, 15) is 9.59 Å².